The summed E-state index contributed by atoms with van der Waals surface area (Å²) in [5.41, 5.74) is 0.249. The van der Waals surface area contributed by atoms with Crippen LogP contribution < -0.4 is 24.8 Å². The van der Waals surface area contributed by atoms with Gasteiger partial charge in [-0.25, -0.2) is 4.39 Å². The maximum Gasteiger partial charge on any atom is 0.422 e. The molecule has 0 saturated heterocycles. The van der Waals surface area contributed by atoms with Crippen LogP contribution in [-0.2, 0) is 4.79 Å². The molecule has 0 aliphatic rings. The molecule has 0 aromatic heterocycles. The van der Waals surface area contributed by atoms with Gasteiger partial charge in [-0.2, -0.15) is 13.2 Å². The van der Waals surface area contributed by atoms with Crippen LogP contribution in [0.1, 0.15) is 0 Å². The predicted octanol–water partition coefficient (Wildman–Crippen LogP) is 3.83. The quantitative estimate of drug-likeness (QED) is 0.657. The van der Waals surface area contributed by atoms with Crippen molar-refractivity contribution >= 4 is 17.3 Å². The van der Waals surface area contributed by atoms with Crippen molar-refractivity contribution in [1.82, 2.24) is 0 Å². The van der Waals surface area contributed by atoms with E-state index >= 15 is 0 Å². The highest BCUT2D eigenvalue weighted by molar-refractivity contribution is 5.95. The Hall–Kier alpha value is -3.17. The van der Waals surface area contributed by atoms with Gasteiger partial charge in [0.2, 0.25) is 5.91 Å². The third-order valence-electron chi connectivity index (χ3n) is 3.45. The molecule has 2 aromatic rings. The molecule has 0 radical (unpaired) electrons. The molecule has 1 amide bonds. The number of rotatable bonds is 8. The van der Waals surface area contributed by atoms with Crippen molar-refractivity contribution in [2.24, 2.45) is 0 Å². The van der Waals surface area contributed by atoms with E-state index in [2.05, 4.69) is 15.4 Å². The van der Waals surface area contributed by atoms with Gasteiger partial charge in [0.05, 0.1) is 32.1 Å². The van der Waals surface area contributed by atoms with Crippen molar-refractivity contribution in [2.45, 2.75) is 6.18 Å². The third-order valence-corrected chi connectivity index (χ3v) is 3.45. The second-order valence-electron chi connectivity index (χ2n) is 5.51. The summed E-state index contributed by atoms with van der Waals surface area (Å²) in [5.74, 6) is -0.606. The summed E-state index contributed by atoms with van der Waals surface area (Å²) in [4.78, 5) is 12.2. The van der Waals surface area contributed by atoms with Crippen LogP contribution in [0.2, 0.25) is 0 Å². The van der Waals surface area contributed by atoms with Crippen molar-refractivity contribution < 1.29 is 36.6 Å². The summed E-state index contributed by atoms with van der Waals surface area (Å²) in [6.45, 7) is -1.90. The number of hydrogen-bond donors (Lipinski definition) is 2. The van der Waals surface area contributed by atoms with Crippen molar-refractivity contribution in [3.8, 4) is 17.2 Å². The van der Waals surface area contributed by atoms with Gasteiger partial charge >= 0.3 is 6.18 Å². The van der Waals surface area contributed by atoms with E-state index in [4.69, 9.17) is 9.47 Å². The summed E-state index contributed by atoms with van der Waals surface area (Å²) in [7, 11) is 2.88. The average Bonchev–Trinajstić information content (AvgIpc) is 2.64. The minimum absolute atomic E-state index is 0.0861. The first-order valence-electron chi connectivity index (χ1n) is 7.96. The van der Waals surface area contributed by atoms with Gasteiger partial charge in [0, 0.05) is 12.1 Å². The number of anilines is 2. The first-order chi connectivity index (χ1) is 13.2. The summed E-state index contributed by atoms with van der Waals surface area (Å²) in [6.07, 6.45) is -4.55. The maximum atomic E-state index is 13.4. The molecule has 0 heterocycles. The number of alkyl halides is 3. The van der Waals surface area contributed by atoms with Crippen molar-refractivity contribution in [3.05, 3.63) is 42.2 Å². The number of benzene rings is 2. The lowest BCUT2D eigenvalue weighted by Crippen LogP contribution is -2.23. The second-order valence-corrected chi connectivity index (χ2v) is 5.51. The number of ether oxygens (including phenoxy) is 3. The van der Waals surface area contributed by atoms with E-state index in [1.165, 1.54) is 20.3 Å². The lowest BCUT2D eigenvalue weighted by molar-refractivity contribution is -0.153. The van der Waals surface area contributed by atoms with Gasteiger partial charge in [-0.3, -0.25) is 4.79 Å². The lowest BCUT2D eigenvalue weighted by atomic mass is 10.2. The molecule has 10 heteroatoms. The summed E-state index contributed by atoms with van der Waals surface area (Å²) >= 11 is 0. The Labute approximate surface area is 158 Å². The Morgan fingerprint density at radius 1 is 1.00 bits per heavy atom. The molecule has 0 saturated carbocycles. The average molecular weight is 402 g/mol. The van der Waals surface area contributed by atoms with Gasteiger partial charge in [0.25, 0.3) is 0 Å². The topological polar surface area (TPSA) is 68.8 Å². The normalized spacial score (nSPS) is 10.9. The molecule has 2 aromatic carbocycles. The molecular weight excluding hydrogens is 384 g/mol. The minimum atomic E-state index is -4.55. The van der Waals surface area contributed by atoms with Crippen LogP contribution in [0.3, 0.4) is 0 Å². The van der Waals surface area contributed by atoms with E-state index in [9.17, 15) is 22.4 Å². The Bertz CT molecular complexity index is 828. The summed E-state index contributed by atoms with van der Waals surface area (Å²) in [6, 6.07) is 7.72. The molecule has 0 unspecified atom stereocenters. The zero-order valence-electron chi connectivity index (χ0n) is 15.0. The Balaban J connectivity index is 2.05. The molecule has 0 aliphatic carbocycles. The van der Waals surface area contributed by atoms with Crippen molar-refractivity contribution in [1.29, 1.82) is 0 Å². The smallest absolute Gasteiger partial charge is 0.422 e. The van der Waals surface area contributed by atoms with Gasteiger partial charge in [-0.1, -0.05) is 0 Å². The number of methoxy groups -OCH3 is 2. The highest BCUT2D eigenvalue weighted by atomic mass is 19.4. The van der Waals surface area contributed by atoms with E-state index in [0.29, 0.717) is 17.2 Å². The number of nitrogens with one attached hydrogen (secondary N) is 2. The fourth-order valence-electron chi connectivity index (χ4n) is 2.21. The summed E-state index contributed by atoms with van der Waals surface area (Å²) in [5, 5.41) is 5.14. The van der Waals surface area contributed by atoms with E-state index in [1.54, 1.807) is 12.1 Å². The van der Waals surface area contributed by atoms with Crippen molar-refractivity contribution in [3.63, 3.8) is 0 Å². The zero-order valence-corrected chi connectivity index (χ0v) is 15.0. The molecule has 0 aliphatic heterocycles. The zero-order chi connectivity index (χ0) is 20.7. The Kier molecular flexibility index (Phi) is 6.91. The molecule has 2 N–H and O–H groups in total. The van der Waals surface area contributed by atoms with Crippen LogP contribution in [-0.4, -0.2) is 39.5 Å². The minimum Gasteiger partial charge on any atom is -0.497 e. The van der Waals surface area contributed by atoms with E-state index in [-0.39, 0.29) is 18.0 Å². The standard InChI is InChI=1S/C18H18F4N2O4/c1-26-12-4-6-15(27-2)14(8-12)24-17(25)9-23-13-7-11(19)3-5-16(13)28-10-18(20,21)22/h3-8,23H,9-10H2,1-2H3,(H,24,25). The molecule has 28 heavy (non-hydrogen) atoms. The number of carbonyl (C=O) groups is 1. The SMILES string of the molecule is COc1ccc(OC)c(NC(=O)CNc2cc(F)ccc2OCC(F)(F)F)c1. The van der Waals surface area contributed by atoms with Gasteiger partial charge < -0.3 is 24.8 Å². The Morgan fingerprint density at radius 3 is 2.36 bits per heavy atom. The van der Waals surface area contributed by atoms with Crippen LogP contribution in [0.15, 0.2) is 36.4 Å². The molecule has 0 bridgehead atoms. The maximum absolute atomic E-state index is 13.4. The first-order valence-corrected chi connectivity index (χ1v) is 7.96. The molecule has 0 spiro atoms. The molecular formula is C18H18F4N2O4. The Morgan fingerprint density at radius 2 is 1.71 bits per heavy atom. The number of amides is 1. The van der Waals surface area contributed by atoms with Gasteiger partial charge in [0.15, 0.2) is 6.61 Å². The van der Waals surface area contributed by atoms with Crippen molar-refractivity contribution in [2.75, 3.05) is 38.0 Å². The lowest BCUT2D eigenvalue weighted by Gasteiger charge is -2.15. The molecule has 152 valence electrons. The highest BCUT2D eigenvalue weighted by Crippen LogP contribution is 2.30. The molecule has 0 atom stereocenters. The van der Waals surface area contributed by atoms with Gasteiger partial charge in [-0.05, 0) is 24.3 Å². The molecule has 6 nitrogen and oxygen atoms in total. The van der Waals surface area contributed by atoms with Crippen LogP contribution in [0.4, 0.5) is 28.9 Å². The fraction of sp³-hybridized carbons (Fsp3) is 0.278. The largest absolute Gasteiger partial charge is 0.497 e. The summed E-state index contributed by atoms with van der Waals surface area (Å²) < 4.78 is 65.3. The highest BCUT2D eigenvalue weighted by Gasteiger charge is 2.29. The third kappa shape index (κ3) is 6.22. The monoisotopic (exact) mass is 402 g/mol. The van der Waals surface area contributed by atoms with Crippen LogP contribution in [0, 0.1) is 5.82 Å². The van der Waals surface area contributed by atoms with Gasteiger partial charge in [0.1, 0.15) is 23.1 Å². The molecule has 0 fully saturated rings. The number of halogens is 4. The van der Waals surface area contributed by atoms with Crippen LogP contribution in [0.5, 0.6) is 17.2 Å². The number of hydrogen-bond acceptors (Lipinski definition) is 5. The number of carbonyl (C=O) groups excluding carboxylic acids is 1. The predicted molar refractivity (Wildman–Crippen MR) is 94.6 cm³/mol. The van der Waals surface area contributed by atoms with E-state index in [1.807, 2.05) is 0 Å². The van der Waals surface area contributed by atoms with E-state index < -0.39 is 24.5 Å². The fourth-order valence-corrected chi connectivity index (χ4v) is 2.21. The van der Waals surface area contributed by atoms with Crippen LogP contribution >= 0.6 is 0 Å². The first kappa shape index (κ1) is 21.1. The van der Waals surface area contributed by atoms with Gasteiger partial charge in [-0.15, -0.1) is 0 Å². The molecule has 2 rings (SSSR count). The van der Waals surface area contributed by atoms with Crippen LogP contribution in [0.25, 0.3) is 0 Å². The second kappa shape index (κ2) is 9.16. The van der Waals surface area contributed by atoms with E-state index in [0.717, 1.165) is 18.2 Å².